The number of carbonyl (C=O) groups excluding carboxylic acids is 2. The Morgan fingerprint density at radius 2 is 1.83 bits per heavy atom. The fourth-order valence-electron chi connectivity index (χ4n) is 3.50. The highest BCUT2D eigenvalue weighted by Crippen LogP contribution is 2.26. The van der Waals surface area contributed by atoms with E-state index in [1.807, 2.05) is 0 Å². The Balaban J connectivity index is 1.90. The molecule has 1 aromatic heterocycles. The van der Waals surface area contributed by atoms with E-state index in [9.17, 15) is 14.4 Å². The monoisotopic (exact) mass is 440 g/mol. The molecule has 1 saturated carbocycles. The summed E-state index contributed by atoms with van der Waals surface area (Å²) in [4.78, 5) is 38.8. The second-order valence-electron chi connectivity index (χ2n) is 6.91. The number of tetrazole rings is 1. The predicted molar refractivity (Wildman–Crippen MR) is 109 cm³/mol. The summed E-state index contributed by atoms with van der Waals surface area (Å²) >= 11 is 12.3. The van der Waals surface area contributed by atoms with Crippen LogP contribution in [0, 0.1) is 0 Å². The summed E-state index contributed by atoms with van der Waals surface area (Å²) in [6.45, 7) is 1.97. The summed E-state index contributed by atoms with van der Waals surface area (Å²) in [5.41, 5.74) is -0.590. The van der Waals surface area contributed by atoms with Crippen LogP contribution in [0.5, 0.6) is 0 Å². The van der Waals surface area contributed by atoms with Gasteiger partial charge >= 0.3 is 11.7 Å². The third-order valence-corrected chi connectivity index (χ3v) is 5.51. The van der Waals surface area contributed by atoms with Crippen molar-refractivity contribution in [3.8, 4) is 5.69 Å². The molecule has 1 aromatic carbocycles. The zero-order chi connectivity index (χ0) is 21.0. The minimum Gasteiger partial charge on any atom is -0.355 e. The molecule has 2 aromatic rings. The van der Waals surface area contributed by atoms with Crippen LogP contribution in [0.4, 0.5) is 4.79 Å². The van der Waals surface area contributed by atoms with Crippen LogP contribution in [0.25, 0.3) is 5.69 Å². The molecule has 0 aliphatic heterocycles. The quantitative estimate of drug-likeness (QED) is 0.719. The smallest absolute Gasteiger partial charge is 0.355 e. The number of amides is 2. The fraction of sp³-hybridized carbons (Fsp3) is 0.500. The Kier molecular flexibility index (Phi) is 6.92. The minimum atomic E-state index is -0.759. The minimum absolute atomic E-state index is 0.0223. The normalized spacial score (nSPS) is 14.6. The van der Waals surface area contributed by atoms with Gasteiger partial charge in [-0.25, -0.2) is 9.59 Å². The van der Waals surface area contributed by atoms with Crippen LogP contribution < -0.4 is 11.0 Å². The van der Waals surface area contributed by atoms with Crippen molar-refractivity contribution < 1.29 is 9.59 Å². The standard InChI is InChI=1S/C18H22Cl2N6O3/c1-12(27)21-10-11-24(13-6-3-2-4-7-13)17(28)26-18(29)25(22-23-26)16-14(19)8-5-9-15(16)20/h5,8-9,13H,2-4,6-7,10-11H2,1H3,(H,21,27). The highest BCUT2D eigenvalue weighted by atomic mass is 35.5. The van der Waals surface area contributed by atoms with E-state index in [1.54, 1.807) is 23.1 Å². The lowest BCUT2D eigenvalue weighted by Crippen LogP contribution is -2.49. The molecular formula is C18H22Cl2N6O3. The molecule has 1 aliphatic carbocycles. The fourth-order valence-corrected chi connectivity index (χ4v) is 4.06. The number of para-hydroxylation sites is 1. The maximum atomic E-state index is 13.1. The molecule has 0 unspecified atom stereocenters. The van der Waals surface area contributed by atoms with Crippen LogP contribution in [0.1, 0.15) is 39.0 Å². The number of carbonyl (C=O) groups is 2. The van der Waals surface area contributed by atoms with Crippen molar-refractivity contribution >= 4 is 35.1 Å². The summed E-state index contributed by atoms with van der Waals surface area (Å²) in [6.07, 6.45) is 4.80. The summed E-state index contributed by atoms with van der Waals surface area (Å²) < 4.78 is 1.62. The van der Waals surface area contributed by atoms with E-state index in [0.717, 1.165) is 36.8 Å². The molecular weight excluding hydrogens is 419 g/mol. The maximum Gasteiger partial charge on any atom is 0.377 e. The van der Waals surface area contributed by atoms with Crippen LogP contribution in [0.15, 0.2) is 23.0 Å². The van der Waals surface area contributed by atoms with E-state index >= 15 is 0 Å². The topological polar surface area (TPSA) is 102 Å². The molecule has 0 saturated heterocycles. The van der Waals surface area contributed by atoms with E-state index in [2.05, 4.69) is 15.7 Å². The van der Waals surface area contributed by atoms with Gasteiger partial charge in [-0.05, 0) is 35.4 Å². The van der Waals surface area contributed by atoms with Gasteiger partial charge in [0.1, 0.15) is 5.69 Å². The molecule has 0 spiro atoms. The Morgan fingerprint density at radius 1 is 1.17 bits per heavy atom. The Bertz CT molecular complexity index is 931. The number of nitrogens with one attached hydrogen (secondary N) is 1. The van der Waals surface area contributed by atoms with Gasteiger partial charge in [-0.15, -0.1) is 4.68 Å². The van der Waals surface area contributed by atoms with Gasteiger partial charge in [-0.2, -0.15) is 4.68 Å². The molecule has 11 heteroatoms. The Hall–Kier alpha value is -2.39. The molecule has 1 aliphatic rings. The van der Waals surface area contributed by atoms with Crippen molar-refractivity contribution in [2.45, 2.75) is 45.1 Å². The average Bonchev–Trinajstić information content (AvgIpc) is 3.06. The van der Waals surface area contributed by atoms with Crippen LogP contribution in [0.3, 0.4) is 0 Å². The number of rotatable bonds is 5. The lowest BCUT2D eigenvalue weighted by molar-refractivity contribution is -0.119. The van der Waals surface area contributed by atoms with Gasteiger partial charge in [0.05, 0.1) is 10.0 Å². The number of hydrogen-bond acceptors (Lipinski definition) is 5. The highest BCUT2D eigenvalue weighted by Gasteiger charge is 2.29. The molecule has 1 heterocycles. The van der Waals surface area contributed by atoms with Crippen molar-refractivity contribution in [2.75, 3.05) is 13.1 Å². The van der Waals surface area contributed by atoms with Crippen LogP contribution >= 0.6 is 23.2 Å². The average molecular weight is 441 g/mol. The van der Waals surface area contributed by atoms with Gasteiger partial charge in [0.15, 0.2) is 0 Å². The summed E-state index contributed by atoms with van der Waals surface area (Å²) in [5.74, 6) is -0.183. The van der Waals surface area contributed by atoms with Gasteiger partial charge in [0.25, 0.3) is 0 Å². The highest BCUT2D eigenvalue weighted by molar-refractivity contribution is 6.37. The molecule has 2 amide bonds. The third kappa shape index (κ3) is 4.79. The van der Waals surface area contributed by atoms with Crippen molar-refractivity contribution in [1.29, 1.82) is 0 Å². The Morgan fingerprint density at radius 3 is 2.45 bits per heavy atom. The largest absolute Gasteiger partial charge is 0.377 e. The van der Waals surface area contributed by atoms with Gasteiger partial charge in [-0.1, -0.05) is 48.5 Å². The molecule has 9 nitrogen and oxygen atoms in total. The van der Waals surface area contributed by atoms with E-state index < -0.39 is 11.7 Å². The van der Waals surface area contributed by atoms with Crippen LogP contribution in [0.2, 0.25) is 10.0 Å². The van der Waals surface area contributed by atoms with E-state index in [-0.39, 0.29) is 40.8 Å². The second kappa shape index (κ2) is 9.41. The van der Waals surface area contributed by atoms with Crippen molar-refractivity contribution in [3.05, 3.63) is 38.7 Å². The van der Waals surface area contributed by atoms with Crippen LogP contribution in [-0.4, -0.2) is 55.8 Å². The SMILES string of the molecule is CC(=O)NCCN(C(=O)n1nnn(-c2c(Cl)cccc2Cl)c1=O)C1CCCCC1. The molecule has 0 atom stereocenters. The maximum absolute atomic E-state index is 13.1. The summed E-state index contributed by atoms with van der Waals surface area (Å²) in [6, 6.07) is 4.17. The zero-order valence-corrected chi connectivity index (χ0v) is 17.5. The molecule has 3 rings (SSSR count). The molecule has 0 bridgehead atoms. The van der Waals surface area contributed by atoms with Gasteiger partial charge in [-0.3, -0.25) is 4.79 Å². The first kappa shape index (κ1) is 21.3. The first-order valence-corrected chi connectivity index (χ1v) is 10.2. The number of aromatic nitrogens is 4. The first-order valence-electron chi connectivity index (χ1n) is 9.45. The van der Waals surface area contributed by atoms with Gasteiger partial charge < -0.3 is 10.2 Å². The lowest BCUT2D eigenvalue weighted by atomic mass is 9.94. The number of nitrogens with zero attached hydrogens (tertiary/aromatic N) is 5. The molecule has 156 valence electrons. The van der Waals surface area contributed by atoms with Crippen molar-refractivity contribution in [2.24, 2.45) is 0 Å². The second-order valence-corrected chi connectivity index (χ2v) is 7.72. The number of hydrogen-bond donors (Lipinski definition) is 1. The summed E-state index contributed by atoms with van der Waals surface area (Å²) in [5, 5.41) is 10.7. The van der Waals surface area contributed by atoms with Gasteiger partial charge in [0, 0.05) is 26.1 Å². The zero-order valence-electron chi connectivity index (χ0n) is 16.0. The predicted octanol–water partition coefficient (Wildman–Crippen LogP) is 2.47. The molecule has 1 N–H and O–H groups in total. The van der Waals surface area contributed by atoms with E-state index in [1.165, 1.54) is 6.92 Å². The van der Waals surface area contributed by atoms with E-state index in [0.29, 0.717) is 4.68 Å². The van der Waals surface area contributed by atoms with Gasteiger partial charge in [0.2, 0.25) is 5.91 Å². The molecule has 1 fully saturated rings. The summed E-state index contributed by atoms with van der Waals surface area (Å²) in [7, 11) is 0. The Labute approximate surface area is 177 Å². The van der Waals surface area contributed by atoms with Crippen LogP contribution in [-0.2, 0) is 4.79 Å². The number of benzene rings is 1. The number of halogens is 2. The van der Waals surface area contributed by atoms with Crippen molar-refractivity contribution in [3.63, 3.8) is 0 Å². The third-order valence-electron chi connectivity index (χ3n) is 4.90. The molecule has 0 radical (unpaired) electrons. The molecule has 29 heavy (non-hydrogen) atoms. The van der Waals surface area contributed by atoms with E-state index in [4.69, 9.17) is 23.2 Å². The first-order chi connectivity index (χ1) is 13.9. The van der Waals surface area contributed by atoms with Crippen molar-refractivity contribution in [1.82, 2.24) is 30.0 Å². The lowest BCUT2D eigenvalue weighted by Gasteiger charge is -2.33.